The molecule has 0 amide bonds. The van der Waals surface area contributed by atoms with Gasteiger partial charge in [-0.15, -0.1) is 0 Å². The van der Waals surface area contributed by atoms with Gasteiger partial charge >= 0.3 is 0 Å². The summed E-state index contributed by atoms with van der Waals surface area (Å²) in [5, 5.41) is 0. The fourth-order valence-electron chi connectivity index (χ4n) is 0.867. The molecule has 1 aliphatic rings. The second-order valence-electron chi connectivity index (χ2n) is 2.45. The van der Waals surface area contributed by atoms with E-state index in [0.717, 1.165) is 8.96 Å². The van der Waals surface area contributed by atoms with E-state index >= 15 is 0 Å². The van der Waals surface area contributed by atoms with Crippen LogP contribution in [-0.4, -0.2) is 3.23 Å². The van der Waals surface area contributed by atoms with Crippen molar-refractivity contribution in [3.8, 4) is 0 Å². The van der Waals surface area contributed by atoms with E-state index in [4.69, 9.17) is 0 Å². The zero-order valence-electron chi connectivity index (χ0n) is 6.01. The highest BCUT2D eigenvalue weighted by atomic mass is 79.9. The zero-order chi connectivity index (χ0) is 8.81. The molecule has 0 spiro atoms. The largest absolute Gasteiger partial charge is 0.134 e. The van der Waals surface area contributed by atoms with Gasteiger partial charge in [-0.05, 0) is 40.9 Å². The Morgan fingerprint density at radius 1 is 1.09 bits per heavy atom. The third kappa shape index (κ3) is 1.56. The lowest BCUT2D eigenvalue weighted by atomic mass is 10.2. The first-order valence-electron chi connectivity index (χ1n) is 3.01. The standard InChI is InChI=1S/C7H6Br4/c1-3-4(2)7(10,11)6(9)5(3)8/h1-2H3. The van der Waals surface area contributed by atoms with Crippen LogP contribution in [0.25, 0.3) is 0 Å². The van der Waals surface area contributed by atoms with Crippen LogP contribution in [0.3, 0.4) is 0 Å². The Bertz CT molecular complexity index is 234. The van der Waals surface area contributed by atoms with Crippen LogP contribution in [0.1, 0.15) is 13.8 Å². The molecular weight excluding hydrogens is 404 g/mol. The minimum Gasteiger partial charge on any atom is -0.0618 e. The van der Waals surface area contributed by atoms with E-state index in [-0.39, 0.29) is 3.23 Å². The van der Waals surface area contributed by atoms with Gasteiger partial charge in [0.2, 0.25) is 0 Å². The molecule has 4 heteroatoms. The Balaban J connectivity index is 3.27. The molecule has 0 heterocycles. The van der Waals surface area contributed by atoms with E-state index < -0.39 is 0 Å². The van der Waals surface area contributed by atoms with Crippen LogP contribution in [0.4, 0.5) is 0 Å². The number of hydrogen-bond donors (Lipinski definition) is 0. The minimum atomic E-state index is -0.192. The molecule has 0 nitrogen and oxygen atoms in total. The van der Waals surface area contributed by atoms with Crippen LogP contribution >= 0.6 is 63.7 Å². The minimum absolute atomic E-state index is 0.192. The molecule has 0 unspecified atom stereocenters. The van der Waals surface area contributed by atoms with Gasteiger partial charge in [-0.3, -0.25) is 0 Å². The highest BCUT2D eigenvalue weighted by Crippen LogP contribution is 2.54. The third-order valence-electron chi connectivity index (χ3n) is 1.83. The molecule has 0 bridgehead atoms. The number of halogens is 4. The zero-order valence-corrected chi connectivity index (χ0v) is 12.4. The predicted octanol–water partition coefficient (Wildman–Crippen LogP) is 4.82. The normalized spacial score (nSPS) is 23.5. The maximum atomic E-state index is 3.58. The molecule has 0 aromatic heterocycles. The summed E-state index contributed by atoms with van der Waals surface area (Å²) in [6.07, 6.45) is 0. The van der Waals surface area contributed by atoms with Crippen LogP contribution in [0.2, 0.25) is 0 Å². The summed E-state index contributed by atoms with van der Waals surface area (Å²) in [5.74, 6) is 0. The van der Waals surface area contributed by atoms with E-state index in [2.05, 4.69) is 77.6 Å². The molecule has 0 atom stereocenters. The van der Waals surface area contributed by atoms with Crippen molar-refractivity contribution in [1.82, 2.24) is 0 Å². The predicted molar refractivity (Wildman–Crippen MR) is 63.8 cm³/mol. The third-order valence-corrected chi connectivity index (χ3v) is 7.39. The molecule has 1 aliphatic carbocycles. The van der Waals surface area contributed by atoms with Crippen molar-refractivity contribution < 1.29 is 0 Å². The maximum Gasteiger partial charge on any atom is 0.134 e. The highest BCUT2D eigenvalue weighted by Gasteiger charge is 2.37. The van der Waals surface area contributed by atoms with Gasteiger partial charge in [0.15, 0.2) is 0 Å². The Kier molecular flexibility index (Phi) is 3.12. The quantitative estimate of drug-likeness (QED) is 0.503. The van der Waals surface area contributed by atoms with Crippen LogP contribution in [0.5, 0.6) is 0 Å². The molecule has 0 aromatic rings. The lowest BCUT2D eigenvalue weighted by molar-refractivity contribution is 1.20. The van der Waals surface area contributed by atoms with E-state index in [1.165, 1.54) is 11.1 Å². The van der Waals surface area contributed by atoms with E-state index in [9.17, 15) is 0 Å². The molecule has 0 saturated carbocycles. The Labute approximate surface area is 100 Å². The molecule has 0 N–H and O–H groups in total. The van der Waals surface area contributed by atoms with Crippen molar-refractivity contribution in [1.29, 1.82) is 0 Å². The van der Waals surface area contributed by atoms with Crippen LogP contribution < -0.4 is 0 Å². The van der Waals surface area contributed by atoms with E-state index in [0.29, 0.717) is 0 Å². The van der Waals surface area contributed by atoms with Gasteiger partial charge in [-0.2, -0.15) is 0 Å². The molecule has 0 aromatic carbocycles. The molecule has 0 radical (unpaired) electrons. The average molecular weight is 410 g/mol. The van der Waals surface area contributed by atoms with Crippen molar-refractivity contribution in [3.05, 3.63) is 20.1 Å². The van der Waals surface area contributed by atoms with Crippen LogP contribution in [0, 0.1) is 0 Å². The van der Waals surface area contributed by atoms with E-state index in [1.807, 2.05) is 0 Å². The van der Waals surface area contributed by atoms with Gasteiger partial charge in [-0.1, -0.05) is 47.8 Å². The number of alkyl halides is 2. The van der Waals surface area contributed by atoms with Gasteiger partial charge in [0.25, 0.3) is 0 Å². The SMILES string of the molecule is CC1=C(C)C(Br)(Br)C(Br)=C1Br. The summed E-state index contributed by atoms with van der Waals surface area (Å²) in [6, 6.07) is 0. The lowest BCUT2D eigenvalue weighted by Gasteiger charge is -2.16. The first kappa shape index (κ1) is 10.5. The van der Waals surface area contributed by atoms with Crippen LogP contribution in [-0.2, 0) is 0 Å². The van der Waals surface area contributed by atoms with Crippen molar-refractivity contribution in [2.75, 3.05) is 0 Å². The smallest absolute Gasteiger partial charge is 0.0618 e. The van der Waals surface area contributed by atoms with Gasteiger partial charge < -0.3 is 0 Å². The second-order valence-corrected chi connectivity index (χ2v) is 7.48. The summed E-state index contributed by atoms with van der Waals surface area (Å²) in [6.45, 7) is 4.18. The summed E-state index contributed by atoms with van der Waals surface area (Å²) in [7, 11) is 0. The maximum absolute atomic E-state index is 3.58. The topological polar surface area (TPSA) is 0 Å². The Morgan fingerprint density at radius 2 is 1.55 bits per heavy atom. The second kappa shape index (κ2) is 3.28. The summed E-state index contributed by atoms with van der Waals surface area (Å²) >= 11 is 14.2. The van der Waals surface area contributed by atoms with Gasteiger partial charge in [0.05, 0.1) is 0 Å². The molecule has 0 fully saturated rings. The summed E-state index contributed by atoms with van der Waals surface area (Å²) in [5.41, 5.74) is 2.54. The fraction of sp³-hybridized carbons (Fsp3) is 0.429. The molecular formula is C7H6Br4. The average Bonchev–Trinajstić information content (AvgIpc) is 2.06. The summed E-state index contributed by atoms with van der Waals surface area (Å²) < 4.78 is 2.03. The first-order valence-corrected chi connectivity index (χ1v) is 6.18. The number of hydrogen-bond acceptors (Lipinski definition) is 0. The fourth-order valence-corrected chi connectivity index (χ4v) is 3.58. The summed E-state index contributed by atoms with van der Waals surface area (Å²) in [4.78, 5) is 0. The number of rotatable bonds is 0. The Hall–Kier alpha value is 1.40. The van der Waals surface area contributed by atoms with Crippen LogP contribution in [0.15, 0.2) is 20.1 Å². The van der Waals surface area contributed by atoms with E-state index in [1.54, 1.807) is 0 Å². The highest BCUT2D eigenvalue weighted by molar-refractivity contribution is 9.27. The Morgan fingerprint density at radius 3 is 1.64 bits per heavy atom. The molecule has 62 valence electrons. The lowest BCUT2D eigenvalue weighted by Crippen LogP contribution is -2.09. The van der Waals surface area contributed by atoms with Gasteiger partial charge in [-0.25, -0.2) is 0 Å². The van der Waals surface area contributed by atoms with Gasteiger partial charge in [0, 0.05) is 8.96 Å². The monoisotopic (exact) mass is 406 g/mol. The first-order chi connectivity index (χ1) is 4.89. The van der Waals surface area contributed by atoms with Gasteiger partial charge in [0.1, 0.15) is 3.23 Å². The van der Waals surface area contributed by atoms with Crippen molar-refractivity contribution in [3.63, 3.8) is 0 Å². The molecule has 0 aliphatic heterocycles. The molecule has 0 saturated heterocycles. The van der Waals surface area contributed by atoms with Crippen molar-refractivity contribution in [2.45, 2.75) is 17.1 Å². The van der Waals surface area contributed by atoms with Crippen molar-refractivity contribution in [2.24, 2.45) is 0 Å². The molecule has 11 heavy (non-hydrogen) atoms. The molecule has 1 rings (SSSR count). The van der Waals surface area contributed by atoms with Crippen molar-refractivity contribution >= 4 is 63.7 Å². The number of allylic oxidation sites excluding steroid dienone is 4.